The van der Waals surface area contributed by atoms with E-state index in [1.54, 1.807) is 0 Å². The van der Waals surface area contributed by atoms with Gasteiger partial charge in [-0.3, -0.25) is 33.6 Å². The molecule has 1 fully saturated rings. The zero-order valence-electron chi connectivity index (χ0n) is 95.5. The average molecular weight is 2100 g/mol. The summed E-state index contributed by atoms with van der Waals surface area (Å²) in [7, 11) is 0. The molecule has 12 N–H and O–H groups in total. The number of esters is 4. The molecule has 2 aromatic rings. The standard InChI is InChI=1S/C71H100ClN2O6.C28H48N2O5.C25H38O5.C3H10N2/c1-11-13-23-43-73-61-33-21-19-31-59(61)70(7,8)64(73)41-37-51-26-25-27-52(67(51)72)38-42-65-71(9,10)60-32-20-22-34-62(60)74(65)44-24-15-18-29-54(75)28-16-14-17-30-55(76)47-57(78)48-56(77)39-40-58-50(4)35-36-53-45-49(3)46-63(66(53)58)80-68(79)69(5,6)12-2;1-6-28(4,5)27(34)35-24-15-18(2)14-20-9-8-19(3)23(26(20)24)11-10-21(31)16-22(32)17-25(33)30-13-7-12-29;1-6-25(4,5)24(28)30-21-12-15(2)11-17-8-7-16(3)20(23(17)21)10-9-19-13-18(26)14-22(27)29-19;4-2-1-3-5/h19-22,31-38,41-42,45,49-50,56-58,63,66,77-78H,11-18,23-30,39-40,43-44,46-48H2,1-10H3;8-9,14,18-19,21-24,26,31-32H,6-7,10-13,15-17,29H2,1-5H3,(H,30,33);7-8,11,15-16,18-21,23,26H,6,9-10,12-14H2,1-5H3;1-5H2/q+1;;;/t49-,50-,56+,57-,58-,63-,66-;18-,19-,21+,22+,23-,24-,26-;15-,16-,18+,19+,20-,21-,23-;/m000./s1. The van der Waals surface area contributed by atoms with Crippen molar-refractivity contribution < 1.29 is 82.6 Å². The highest BCUT2D eigenvalue weighted by Gasteiger charge is 2.50. The van der Waals surface area contributed by atoms with Gasteiger partial charge in [-0.05, 0) is 328 Å². The van der Waals surface area contributed by atoms with Crippen LogP contribution in [0.4, 0.5) is 11.4 Å². The number of rotatable bonds is 50. The Bertz CT molecular complexity index is 5090. The summed E-state index contributed by atoms with van der Waals surface area (Å²) in [6, 6.07) is 17.7. The van der Waals surface area contributed by atoms with Gasteiger partial charge < -0.3 is 71.9 Å². The number of aliphatic hydroxyl groups is 5. The van der Waals surface area contributed by atoms with E-state index >= 15 is 0 Å². The van der Waals surface area contributed by atoms with E-state index in [0.29, 0.717) is 100 Å². The molecule has 22 nitrogen and oxygen atoms in total. The summed E-state index contributed by atoms with van der Waals surface area (Å²) in [5.41, 5.74) is 27.8. The van der Waals surface area contributed by atoms with Crippen molar-refractivity contribution in [2.75, 3.05) is 44.2 Å². The summed E-state index contributed by atoms with van der Waals surface area (Å²) in [6.07, 6.45) is 49.3. The second-order valence-electron chi connectivity index (χ2n) is 48.7. The molecule has 0 spiro atoms. The Morgan fingerprint density at radius 1 is 0.540 bits per heavy atom. The Labute approximate surface area is 907 Å². The van der Waals surface area contributed by atoms with Crippen molar-refractivity contribution >= 4 is 70.0 Å². The van der Waals surface area contributed by atoms with Gasteiger partial charge in [0.05, 0.1) is 65.0 Å². The fraction of sp³-hybridized carbons (Fsp3) is 0.685. The molecule has 10 aliphatic rings. The van der Waals surface area contributed by atoms with Gasteiger partial charge in [0, 0.05) is 109 Å². The third-order valence-electron chi connectivity index (χ3n) is 34.4. The lowest BCUT2D eigenvalue weighted by atomic mass is 9.65. The Hall–Kier alpha value is -8.03. The highest BCUT2D eigenvalue weighted by Crippen LogP contribution is 2.53. The number of ketones is 2. The van der Waals surface area contributed by atoms with Crippen LogP contribution in [0.3, 0.4) is 0 Å². The number of anilines is 1. The minimum Gasteiger partial charge on any atom is -0.462 e. The van der Waals surface area contributed by atoms with Gasteiger partial charge in [0.1, 0.15) is 42.5 Å². The number of allylic oxidation sites excluding steroid dienone is 17. The van der Waals surface area contributed by atoms with Gasteiger partial charge in [-0.1, -0.05) is 217 Å². The molecule has 0 aromatic heterocycles. The summed E-state index contributed by atoms with van der Waals surface area (Å²) in [4.78, 5) is 91.0. The quantitative estimate of drug-likeness (QED) is 0.0129. The number of hydrogen-bond acceptors (Lipinski definition) is 20. The van der Waals surface area contributed by atoms with E-state index in [-0.39, 0.29) is 150 Å². The molecule has 7 aliphatic carbocycles. The lowest BCUT2D eigenvalue weighted by Gasteiger charge is -2.44. The molecule has 12 rings (SSSR count). The number of carbonyl (C=O) groups is 7. The van der Waals surface area contributed by atoms with Gasteiger partial charge in [-0.15, -0.1) is 0 Å². The number of carbonyl (C=O) groups excluding carboxylic acids is 7. The minimum absolute atomic E-state index is 0.00208. The summed E-state index contributed by atoms with van der Waals surface area (Å²) >= 11 is 7.34. The first-order chi connectivity index (χ1) is 71.2. The Kier molecular flexibility index (Phi) is 50.0. The minimum atomic E-state index is -0.897. The molecule has 0 bridgehead atoms. The molecule has 1 amide bonds. The van der Waals surface area contributed by atoms with Crippen LogP contribution >= 0.6 is 11.6 Å². The number of ether oxygens (including phenoxy) is 4. The second-order valence-corrected chi connectivity index (χ2v) is 49.0. The molecule has 2 aromatic carbocycles. The Morgan fingerprint density at radius 2 is 1.01 bits per heavy atom. The molecule has 150 heavy (non-hydrogen) atoms. The van der Waals surface area contributed by atoms with Crippen LogP contribution in [0, 0.1) is 87.3 Å². The number of nitrogens with one attached hydrogen (secondary N) is 1. The van der Waals surface area contributed by atoms with E-state index in [1.165, 1.54) is 81.0 Å². The molecule has 21 atom stereocenters. The van der Waals surface area contributed by atoms with Gasteiger partial charge >= 0.3 is 23.9 Å². The van der Waals surface area contributed by atoms with Gasteiger partial charge in [-0.25, -0.2) is 0 Å². The maximum Gasteiger partial charge on any atom is 0.311 e. The highest BCUT2D eigenvalue weighted by atomic mass is 35.5. The number of nitrogens with zero attached hydrogens (tertiary/aromatic N) is 2. The van der Waals surface area contributed by atoms with Crippen molar-refractivity contribution in [2.45, 2.75) is 429 Å². The van der Waals surface area contributed by atoms with Crippen molar-refractivity contribution in [1.82, 2.24) is 5.32 Å². The van der Waals surface area contributed by atoms with Crippen molar-refractivity contribution in [3.05, 3.63) is 177 Å². The van der Waals surface area contributed by atoms with E-state index < -0.39 is 46.8 Å². The van der Waals surface area contributed by atoms with Crippen LogP contribution in [0.5, 0.6) is 0 Å². The maximum absolute atomic E-state index is 13.2. The number of unbranched alkanes of at least 4 members (excludes halogenated alkanes) is 6. The van der Waals surface area contributed by atoms with E-state index in [0.717, 1.165) is 147 Å². The summed E-state index contributed by atoms with van der Waals surface area (Å²) in [5, 5.41) is 56.3. The summed E-state index contributed by atoms with van der Waals surface area (Å²) in [6.45, 7) is 46.7. The number of Topliss-reactive ketones (excluding diaryl/α,β-unsaturated/α-hetero) is 2. The normalized spacial score (nSPS) is 27.0. The van der Waals surface area contributed by atoms with Crippen molar-refractivity contribution in [2.24, 2.45) is 104 Å². The fourth-order valence-electron chi connectivity index (χ4n) is 23.9. The number of cyclic esters (lactones) is 1. The molecule has 3 heterocycles. The zero-order chi connectivity index (χ0) is 110. The van der Waals surface area contributed by atoms with Crippen LogP contribution in [0.25, 0.3) is 0 Å². The van der Waals surface area contributed by atoms with Crippen LogP contribution in [0.15, 0.2) is 166 Å². The van der Waals surface area contributed by atoms with E-state index in [4.69, 9.17) is 47.7 Å². The number of benzene rings is 2. The van der Waals surface area contributed by atoms with Crippen molar-refractivity contribution in [3.63, 3.8) is 0 Å². The first kappa shape index (κ1) is 125. The first-order valence-electron chi connectivity index (χ1n) is 58.1. The van der Waals surface area contributed by atoms with Gasteiger partial charge in [0.25, 0.3) is 0 Å². The predicted molar refractivity (Wildman–Crippen MR) is 607 cm³/mol. The van der Waals surface area contributed by atoms with Crippen LogP contribution in [0.2, 0.25) is 0 Å². The monoisotopic (exact) mass is 2100 g/mol. The number of fused-ring (bicyclic) bond motifs is 5. The van der Waals surface area contributed by atoms with Crippen molar-refractivity contribution in [1.29, 1.82) is 0 Å². The van der Waals surface area contributed by atoms with Crippen molar-refractivity contribution in [3.8, 4) is 0 Å². The third-order valence-corrected chi connectivity index (χ3v) is 34.8. The maximum atomic E-state index is 13.2. The molecule has 1 saturated heterocycles. The Morgan fingerprint density at radius 3 is 1.49 bits per heavy atom. The molecule has 836 valence electrons. The lowest BCUT2D eigenvalue weighted by Crippen LogP contribution is -2.43. The molecule has 0 saturated carbocycles. The number of aliphatic hydroxyl groups excluding tert-OH is 5. The average Bonchev–Trinajstić information content (AvgIpc) is 1.60. The van der Waals surface area contributed by atoms with E-state index in [2.05, 4.69) is 218 Å². The largest absolute Gasteiger partial charge is 0.462 e. The van der Waals surface area contributed by atoms with Crippen LogP contribution in [-0.4, -0.2) is 171 Å². The van der Waals surface area contributed by atoms with Gasteiger partial charge in [-0.2, -0.15) is 4.58 Å². The summed E-state index contributed by atoms with van der Waals surface area (Å²) in [5.74, 6) is 2.33. The first-order valence-corrected chi connectivity index (χ1v) is 58.5. The van der Waals surface area contributed by atoms with E-state index in [1.807, 2.05) is 62.3 Å². The zero-order valence-corrected chi connectivity index (χ0v) is 96.2. The van der Waals surface area contributed by atoms with Gasteiger partial charge in [0.2, 0.25) is 11.6 Å². The summed E-state index contributed by atoms with van der Waals surface area (Å²) < 4.78 is 26.6. The number of nitrogens with two attached hydrogens (primary N) is 3. The molecular formula is C127H196ClN6O16+. The second kappa shape index (κ2) is 59.8. The Balaban J connectivity index is 0.000000290. The number of amides is 1. The highest BCUT2D eigenvalue weighted by molar-refractivity contribution is 6.32. The molecule has 0 radical (unpaired) electrons. The SMILES string of the molecule is CCC(C)(C)C(=O)O[C@H]1C[C@@H](C)C=C2C=C[C@H](C)[C@H](CC[C@@H](O)C[C@@H](O)CC(=O)NCCCN)[C@H]21.CCC(C)(C)C(=O)O[C@H]1C[C@@H](C)C=C2C=C[C@H](C)[C@H](CC[C@@H]3C[C@@H](O)CC(=O)O3)[C@H]21.CCCCC[N+]1=C(/C=C/C2=C(Cl)C(=C/C=C3/N(CCCCCC(=O)CCCCCC(=O)C[C@H](O)C[C@H](O)CC[C@@H]4[C@@H]5C(=C[C@H](C)C[C@@H]5OC(=O)C(C)(C)CC)C=C[C@@H]4C)c4ccccc4C3(C)C)/CCC2)C(C)(C)c2ccccc21.NCCCN. The number of hydrogen-bond donors (Lipinski definition) is 9. The molecule has 0 unspecified atom stereocenters. The van der Waals surface area contributed by atoms with E-state index in [9.17, 15) is 59.1 Å². The molecule has 3 aliphatic heterocycles. The smallest absolute Gasteiger partial charge is 0.311 e. The lowest BCUT2D eigenvalue weighted by molar-refractivity contribution is -0.438. The van der Waals surface area contributed by atoms with Gasteiger partial charge in [0.15, 0.2) is 5.71 Å². The van der Waals surface area contributed by atoms with Crippen LogP contribution in [0.1, 0.15) is 374 Å². The number of halogens is 1. The third kappa shape index (κ3) is 35.8. The topological polar surface area (TPSA) is 354 Å². The van der Waals surface area contributed by atoms with Crippen LogP contribution < -0.4 is 27.4 Å². The van der Waals surface area contributed by atoms with Crippen LogP contribution in [-0.2, 0) is 63.3 Å². The predicted octanol–water partition coefficient (Wildman–Crippen LogP) is 24.1. The molecular weight excluding hydrogens is 1900 g/mol. The fourth-order valence-corrected chi connectivity index (χ4v) is 24.2. The number of para-hydroxylation sites is 2. The molecule has 23 heteroatoms.